The van der Waals surface area contributed by atoms with Gasteiger partial charge in [-0.15, -0.1) is 0 Å². The maximum atomic E-state index is 15.4. The molecule has 5 heteroatoms. The number of hydrogen-bond acceptors (Lipinski definition) is 4. The SMILES string of the molecule is O=C1c2cccc3cccc(c23)[C@]12NC(Cc1cnc[nH]1)[C@H](c1ccccc1)[C@]21CCC/C(=C\c2ccccc2)C1=O. The van der Waals surface area contributed by atoms with E-state index >= 15 is 9.59 Å². The number of nitrogens with zero attached hydrogens (tertiary/aromatic N) is 1. The highest BCUT2D eigenvalue weighted by atomic mass is 16.1. The van der Waals surface area contributed by atoms with Gasteiger partial charge in [0, 0.05) is 35.8 Å². The molecule has 2 spiro atoms. The summed E-state index contributed by atoms with van der Waals surface area (Å²) in [6, 6.07) is 32.4. The lowest BCUT2D eigenvalue weighted by atomic mass is 9.52. The largest absolute Gasteiger partial charge is 0.348 e. The van der Waals surface area contributed by atoms with Crippen LogP contribution in [0.3, 0.4) is 0 Å². The van der Waals surface area contributed by atoms with Gasteiger partial charge >= 0.3 is 0 Å². The molecule has 5 aromatic rings. The number of H-pyrrole nitrogens is 1. The standard InChI is InChI=1S/C37H31N3O2/c41-34-27(20-24-10-3-1-4-11-24)16-9-19-36(34)33(26-12-5-2-6-13-26)31(21-28-22-38-23-39-28)40-37(36)30-18-8-15-25-14-7-17-29(32(25)30)35(37)42/h1-8,10-15,17-18,20,22-23,31,33,40H,9,16,19,21H2,(H,38,39)/b27-20+/t31?,33-,36-,37-/m0/s1. The monoisotopic (exact) mass is 549 g/mol. The van der Waals surface area contributed by atoms with Gasteiger partial charge in [0.25, 0.3) is 0 Å². The van der Waals surface area contributed by atoms with Crippen LogP contribution in [-0.4, -0.2) is 27.6 Å². The van der Waals surface area contributed by atoms with Crippen LogP contribution in [-0.2, 0) is 16.8 Å². The van der Waals surface area contributed by atoms with Crippen LogP contribution in [0.4, 0.5) is 0 Å². The summed E-state index contributed by atoms with van der Waals surface area (Å²) < 4.78 is 0. The zero-order valence-electron chi connectivity index (χ0n) is 23.2. The van der Waals surface area contributed by atoms with Crippen molar-refractivity contribution in [2.75, 3.05) is 0 Å². The van der Waals surface area contributed by atoms with Gasteiger partial charge in [0.2, 0.25) is 0 Å². The summed E-state index contributed by atoms with van der Waals surface area (Å²) in [5, 5.41) is 5.94. The summed E-state index contributed by atoms with van der Waals surface area (Å²) in [5.74, 6) is -0.136. The van der Waals surface area contributed by atoms with Crippen LogP contribution in [0.5, 0.6) is 0 Å². The van der Waals surface area contributed by atoms with Crippen LogP contribution in [0, 0.1) is 5.41 Å². The second kappa shape index (κ2) is 9.47. The molecule has 0 bridgehead atoms. The fourth-order valence-electron chi connectivity index (χ4n) is 8.41. The molecular weight excluding hydrogens is 518 g/mol. The van der Waals surface area contributed by atoms with Crippen LogP contribution < -0.4 is 5.32 Å². The number of rotatable bonds is 4. The average molecular weight is 550 g/mol. The van der Waals surface area contributed by atoms with Gasteiger partial charge in [-0.25, -0.2) is 4.98 Å². The van der Waals surface area contributed by atoms with Crippen molar-refractivity contribution in [1.29, 1.82) is 0 Å². The molecular formula is C37H31N3O2. The van der Waals surface area contributed by atoms with Crippen molar-refractivity contribution < 1.29 is 9.59 Å². The number of aromatic nitrogens is 2. The quantitative estimate of drug-likeness (QED) is 0.243. The molecule has 3 aliphatic rings. The normalized spacial score (nSPS) is 27.6. The third kappa shape index (κ3) is 3.37. The average Bonchev–Trinajstić information content (AvgIpc) is 3.70. The summed E-state index contributed by atoms with van der Waals surface area (Å²) in [7, 11) is 0. The molecule has 2 heterocycles. The van der Waals surface area contributed by atoms with E-state index in [1.165, 1.54) is 0 Å². The first kappa shape index (κ1) is 25.1. The molecule has 1 aliphatic heterocycles. The number of imidazole rings is 1. The van der Waals surface area contributed by atoms with E-state index in [9.17, 15) is 0 Å². The molecule has 1 saturated heterocycles. The number of hydrogen-bond donors (Lipinski definition) is 2. The first-order valence-electron chi connectivity index (χ1n) is 14.8. The van der Waals surface area contributed by atoms with Gasteiger partial charge < -0.3 is 4.98 Å². The number of allylic oxidation sites excluding steroid dienone is 1. The minimum Gasteiger partial charge on any atom is -0.348 e. The fourth-order valence-corrected chi connectivity index (χ4v) is 8.41. The van der Waals surface area contributed by atoms with Crippen LogP contribution in [0.15, 0.2) is 115 Å². The van der Waals surface area contributed by atoms with E-state index in [2.05, 4.69) is 45.6 Å². The van der Waals surface area contributed by atoms with E-state index in [1.54, 1.807) is 6.33 Å². The zero-order chi connectivity index (χ0) is 28.3. The summed E-state index contributed by atoms with van der Waals surface area (Å²) in [6.45, 7) is 0. The highest BCUT2D eigenvalue weighted by Crippen LogP contribution is 2.66. The van der Waals surface area contributed by atoms with E-state index in [4.69, 9.17) is 0 Å². The molecule has 0 radical (unpaired) electrons. The van der Waals surface area contributed by atoms with Crippen molar-refractivity contribution in [3.8, 4) is 0 Å². The van der Waals surface area contributed by atoms with Gasteiger partial charge in [0.05, 0.1) is 11.7 Å². The fraction of sp³-hybridized carbons (Fsp3) is 0.216. The first-order valence-corrected chi connectivity index (χ1v) is 14.8. The summed E-state index contributed by atoms with van der Waals surface area (Å²) in [5.41, 5.74) is 3.30. The van der Waals surface area contributed by atoms with E-state index < -0.39 is 11.0 Å². The number of benzene rings is 4. The molecule has 0 amide bonds. The summed E-state index contributed by atoms with van der Waals surface area (Å²) >= 11 is 0. The molecule has 2 aliphatic carbocycles. The topological polar surface area (TPSA) is 74.8 Å². The Morgan fingerprint density at radius 1 is 0.857 bits per heavy atom. The molecule has 1 unspecified atom stereocenters. The molecule has 1 aromatic heterocycles. The van der Waals surface area contributed by atoms with E-state index in [-0.39, 0.29) is 23.5 Å². The lowest BCUT2D eigenvalue weighted by Crippen LogP contribution is -2.59. The minimum absolute atomic E-state index is 0.0108. The number of aromatic amines is 1. The number of nitrogens with one attached hydrogen (secondary N) is 2. The summed E-state index contributed by atoms with van der Waals surface area (Å²) in [4.78, 5) is 38.0. The number of Topliss-reactive ketones (excluding diaryl/α,β-unsaturated/α-hetero) is 2. The predicted molar refractivity (Wildman–Crippen MR) is 164 cm³/mol. The Labute approximate surface area is 244 Å². The van der Waals surface area contributed by atoms with E-state index in [0.717, 1.165) is 45.2 Å². The van der Waals surface area contributed by atoms with Crippen molar-refractivity contribution in [2.24, 2.45) is 5.41 Å². The van der Waals surface area contributed by atoms with Gasteiger partial charge in [-0.2, -0.15) is 0 Å². The first-order chi connectivity index (χ1) is 20.6. The third-order valence-electron chi connectivity index (χ3n) is 9.91. The highest BCUT2D eigenvalue weighted by molar-refractivity contribution is 6.24. The van der Waals surface area contributed by atoms with Crippen molar-refractivity contribution in [3.63, 3.8) is 0 Å². The third-order valence-corrected chi connectivity index (χ3v) is 9.91. The second-order valence-electron chi connectivity index (χ2n) is 11.9. The van der Waals surface area contributed by atoms with Crippen LogP contribution >= 0.6 is 0 Å². The van der Waals surface area contributed by atoms with Gasteiger partial charge in [-0.05, 0) is 58.4 Å². The van der Waals surface area contributed by atoms with Crippen molar-refractivity contribution in [3.05, 3.63) is 143 Å². The number of carbonyl (C=O) groups is 2. The highest BCUT2D eigenvalue weighted by Gasteiger charge is 2.73. The van der Waals surface area contributed by atoms with E-state index in [1.807, 2.05) is 79.0 Å². The Bertz CT molecular complexity index is 1860. The van der Waals surface area contributed by atoms with Crippen LogP contribution in [0.1, 0.15) is 57.9 Å². The minimum atomic E-state index is -1.19. The maximum absolute atomic E-state index is 15.4. The molecule has 4 atom stereocenters. The second-order valence-corrected chi connectivity index (χ2v) is 11.9. The Kier molecular flexibility index (Phi) is 5.66. The number of carbonyl (C=O) groups excluding carboxylic acids is 2. The maximum Gasteiger partial charge on any atom is 0.189 e. The molecule has 8 rings (SSSR count). The predicted octanol–water partition coefficient (Wildman–Crippen LogP) is 6.78. The molecule has 206 valence electrons. The van der Waals surface area contributed by atoms with Crippen molar-refractivity contribution in [2.45, 2.75) is 43.2 Å². The lowest BCUT2D eigenvalue weighted by Gasteiger charge is -2.47. The Morgan fingerprint density at radius 2 is 1.62 bits per heavy atom. The smallest absolute Gasteiger partial charge is 0.189 e. The molecule has 4 aromatic carbocycles. The zero-order valence-corrected chi connectivity index (χ0v) is 23.2. The van der Waals surface area contributed by atoms with Crippen molar-refractivity contribution >= 4 is 28.4 Å². The molecule has 42 heavy (non-hydrogen) atoms. The van der Waals surface area contributed by atoms with Gasteiger partial charge in [-0.3, -0.25) is 14.9 Å². The van der Waals surface area contributed by atoms with Crippen LogP contribution in [0.25, 0.3) is 16.8 Å². The van der Waals surface area contributed by atoms with Crippen molar-refractivity contribution in [1.82, 2.24) is 15.3 Å². The number of ketones is 2. The molecule has 5 nitrogen and oxygen atoms in total. The molecule has 2 N–H and O–H groups in total. The van der Waals surface area contributed by atoms with Gasteiger partial charge in [0.1, 0.15) is 5.54 Å². The Morgan fingerprint density at radius 3 is 2.38 bits per heavy atom. The van der Waals surface area contributed by atoms with Gasteiger partial charge in [-0.1, -0.05) is 97.1 Å². The Hall–Kier alpha value is -4.61. The lowest BCUT2D eigenvalue weighted by molar-refractivity contribution is -0.130. The van der Waals surface area contributed by atoms with E-state index in [0.29, 0.717) is 24.8 Å². The number of fused-ring (bicyclic) bond motifs is 2. The van der Waals surface area contributed by atoms with Gasteiger partial charge in [0.15, 0.2) is 11.6 Å². The molecule has 2 fully saturated rings. The van der Waals surface area contributed by atoms with Crippen LogP contribution in [0.2, 0.25) is 0 Å². The molecule has 1 saturated carbocycles. The Balaban J connectivity index is 1.42. The summed E-state index contributed by atoms with van der Waals surface area (Å²) in [6.07, 6.45) is 8.35.